The van der Waals surface area contributed by atoms with Crippen LogP contribution in [0.3, 0.4) is 0 Å². The van der Waals surface area contributed by atoms with Crippen molar-refractivity contribution in [2.24, 2.45) is 0 Å². The Hall–Kier alpha value is -3.19. The second-order valence-electron chi connectivity index (χ2n) is 7.51. The van der Waals surface area contributed by atoms with Crippen LogP contribution in [0.15, 0.2) is 77.7 Å². The van der Waals surface area contributed by atoms with Crippen LogP contribution >= 0.6 is 0 Å². The number of benzene rings is 3. The van der Waals surface area contributed by atoms with Crippen LogP contribution in [0.2, 0.25) is 0 Å². The molecule has 0 fully saturated rings. The van der Waals surface area contributed by atoms with Gasteiger partial charge >= 0.3 is 0 Å². The van der Waals surface area contributed by atoms with Gasteiger partial charge in [0.05, 0.1) is 10.6 Å². The molecule has 0 aliphatic carbocycles. The van der Waals surface area contributed by atoms with Gasteiger partial charge in [0.1, 0.15) is 5.82 Å². The molecule has 0 saturated carbocycles. The van der Waals surface area contributed by atoms with Crippen molar-refractivity contribution < 1.29 is 17.6 Å². The molecular formula is C24H23FN2O3S. The molecule has 1 aliphatic heterocycles. The zero-order valence-corrected chi connectivity index (χ0v) is 17.7. The van der Waals surface area contributed by atoms with Gasteiger partial charge in [-0.15, -0.1) is 0 Å². The molecule has 0 atom stereocenters. The summed E-state index contributed by atoms with van der Waals surface area (Å²) in [5.74, 6) is -0.547. The number of fused-ring (bicyclic) bond motifs is 1. The van der Waals surface area contributed by atoms with Gasteiger partial charge in [-0.2, -0.15) is 0 Å². The maximum Gasteiger partial charge on any atom is 0.264 e. The van der Waals surface area contributed by atoms with Gasteiger partial charge < -0.3 is 5.32 Å². The van der Waals surface area contributed by atoms with Crippen LogP contribution in [0.4, 0.5) is 15.8 Å². The molecule has 1 aliphatic rings. The average Bonchev–Trinajstić information content (AvgIpc) is 2.79. The lowest BCUT2D eigenvalue weighted by molar-refractivity contribution is -0.116. The van der Waals surface area contributed by atoms with E-state index in [-0.39, 0.29) is 23.0 Å². The van der Waals surface area contributed by atoms with E-state index in [1.54, 1.807) is 24.3 Å². The molecular weight excluding hydrogens is 415 g/mol. The van der Waals surface area contributed by atoms with Gasteiger partial charge in [0.15, 0.2) is 0 Å². The largest absolute Gasteiger partial charge is 0.326 e. The number of carbonyl (C=O) groups excluding carboxylic acids is 1. The molecule has 31 heavy (non-hydrogen) atoms. The maximum atomic E-state index is 13.2. The highest BCUT2D eigenvalue weighted by Gasteiger charge is 2.28. The number of sulfonamides is 1. The van der Waals surface area contributed by atoms with Crippen LogP contribution in [0.5, 0.6) is 0 Å². The standard InChI is InChI=1S/C24H23FN2O3S/c25-20-10-12-21(13-11-20)26-24(28)16-9-18-7-14-22(15-8-18)31(29,30)27-17-3-5-19-4-1-2-6-23(19)27/h1-2,4,6-8,10-15H,3,5,9,16-17H2,(H,26,28). The van der Waals surface area contributed by atoms with Gasteiger partial charge in [0.2, 0.25) is 5.91 Å². The minimum atomic E-state index is -3.64. The number of halogens is 1. The summed E-state index contributed by atoms with van der Waals surface area (Å²) in [5.41, 5.74) is 3.19. The number of hydrogen-bond acceptors (Lipinski definition) is 3. The topological polar surface area (TPSA) is 66.5 Å². The lowest BCUT2D eigenvalue weighted by Gasteiger charge is -2.30. The number of hydrogen-bond donors (Lipinski definition) is 1. The molecule has 1 amide bonds. The fourth-order valence-corrected chi connectivity index (χ4v) is 5.26. The summed E-state index contributed by atoms with van der Waals surface area (Å²) < 4.78 is 40.8. The van der Waals surface area contributed by atoms with Crippen molar-refractivity contribution >= 4 is 27.3 Å². The Kier molecular flexibility index (Phi) is 6.04. The molecule has 0 saturated heterocycles. The Balaban J connectivity index is 1.41. The predicted molar refractivity (Wildman–Crippen MR) is 119 cm³/mol. The summed E-state index contributed by atoms with van der Waals surface area (Å²) in [4.78, 5) is 12.4. The van der Waals surface area contributed by atoms with Gasteiger partial charge in [0.25, 0.3) is 10.0 Å². The third kappa shape index (κ3) is 4.77. The van der Waals surface area contributed by atoms with Crippen LogP contribution < -0.4 is 9.62 Å². The van der Waals surface area contributed by atoms with E-state index in [9.17, 15) is 17.6 Å². The Morgan fingerprint density at radius 2 is 1.68 bits per heavy atom. The van der Waals surface area contributed by atoms with E-state index in [0.717, 1.165) is 29.7 Å². The molecule has 3 aromatic carbocycles. The molecule has 0 radical (unpaired) electrons. The van der Waals surface area contributed by atoms with E-state index in [4.69, 9.17) is 0 Å². The van der Waals surface area contributed by atoms with E-state index in [2.05, 4.69) is 5.32 Å². The lowest BCUT2D eigenvalue weighted by Crippen LogP contribution is -2.35. The van der Waals surface area contributed by atoms with Crippen molar-refractivity contribution in [1.29, 1.82) is 0 Å². The van der Waals surface area contributed by atoms with Crippen molar-refractivity contribution in [3.63, 3.8) is 0 Å². The number of aryl methyl sites for hydroxylation is 2. The summed E-state index contributed by atoms with van der Waals surface area (Å²) in [6, 6.07) is 19.9. The highest BCUT2D eigenvalue weighted by Crippen LogP contribution is 2.31. The first-order chi connectivity index (χ1) is 14.9. The zero-order chi connectivity index (χ0) is 21.8. The molecule has 1 N–H and O–H groups in total. The zero-order valence-electron chi connectivity index (χ0n) is 16.9. The monoisotopic (exact) mass is 438 g/mol. The Labute approximate surface area is 181 Å². The molecule has 1 heterocycles. The second kappa shape index (κ2) is 8.89. The number of rotatable bonds is 6. The molecule has 7 heteroatoms. The summed E-state index contributed by atoms with van der Waals surface area (Å²) in [5, 5.41) is 2.72. The SMILES string of the molecule is O=C(CCc1ccc(S(=O)(=O)N2CCCc3ccccc32)cc1)Nc1ccc(F)cc1. The normalized spacial score (nSPS) is 13.5. The first kappa shape index (κ1) is 21.1. The highest BCUT2D eigenvalue weighted by atomic mass is 32.2. The second-order valence-corrected chi connectivity index (χ2v) is 9.37. The van der Waals surface area contributed by atoms with E-state index in [1.165, 1.54) is 28.6 Å². The third-order valence-electron chi connectivity index (χ3n) is 5.35. The fraction of sp³-hybridized carbons (Fsp3) is 0.208. The molecule has 0 unspecified atom stereocenters. The Morgan fingerprint density at radius 1 is 0.968 bits per heavy atom. The van der Waals surface area contributed by atoms with Crippen LogP contribution in [-0.4, -0.2) is 20.9 Å². The average molecular weight is 439 g/mol. The van der Waals surface area contributed by atoms with Crippen LogP contribution in [0.25, 0.3) is 0 Å². The van der Waals surface area contributed by atoms with Crippen molar-refractivity contribution in [3.8, 4) is 0 Å². The van der Waals surface area contributed by atoms with Gasteiger partial charge in [0, 0.05) is 18.7 Å². The van der Waals surface area contributed by atoms with Gasteiger partial charge in [-0.3, -0.25) is 9.10 Å². The number of amides is 1. The quantitative estimate of drug-likeness (QED) is 0.615. The van der Waals surface area contributed by atoms with Gasteiger partial charge in [-0.25, -0.2) is 12.8 Å². The molecule has 4 rings (SSSR count). The summed E-state index contributed by atoms with van der Waals surface area (Å²) in [6.07, 6.45) is 2.38. The Bertz CT molecular complexity index is 1180. The first-order valence-corrected chi connectivity index (χ1v) is 11.6. The van der Waals surface area contributed by atoms with E-state index >= 15 is 0 Å². The molecule has 3 aromatic rings. The third-order valence-corrected chi connectivity index (χ3v) is 7.18. The Morgan fingerprint density at radius 3 is 2.42 bits per heavy atom. The summed E-state index contributed by atoms with van der Waals surface area (Å²) in [6.45, 7) is 0.463. The highest BCUT2D eigenvalue weighted by molar-refractivity contribution is 7.92. The number of anilines is 2. The smallest absolute Gasteiger partial charge is 0.264 e. The maximum absolute atomic E-state index is 13.2. The first-order valence-electron chi connectivity index (χ1n) is 10.2. The van der Waals surface area contributed by atoms with Crippen molar-refractivity contribution in [2.45, 2.75) is 30.6 Å². The molecule has 0 bridgehead atoms. The predicted octanol–water partition coefficient (Wildman–Crippen LogP) is 4.54. The van der Waals surface area contributed by atoms with Crippen molar-refractivity contribution in [2.75, 3.05) is 16.2 Å². The number of carbonyl (C=O) groups is 1. The number of nitrogens with zero attached hydrogens (tertiary/aromatic N) is 1. The summed E-state index contributed by atoms with van der Waals surface area (Å²) in [7, 11) is -3.64. The summed E-state index contributed by atoms with van der Waals surface area (Å²) >= 11 is 0. The lowest BCUT2D eigenvalue weighted by atomic mass is 10.0. The van der Waals surface area contributed by atoms with Gasteiger partial charge in [-0.05, 0) is 72.9 Å². The number of nitrogens with one attached hydrogen (secondary N) is 1. The number of para-hydroxylation sites is 1. The molecule has 5 nitrogen and oxygen atoms in total. The molecule has 0 spiro atoms. The van der Waals surface area contributed by atoms with Crippen LogP contribution in [0.1, 0.15) is 24.0 Å². The van der Waals surface area contributed by atoms with Gasteiger partial charge in [-0.1, -0.05) is 30.3 Å². The van der Waals surface area contributed by atoms with E-state index in [0.29, 0.717) is 18.7 Å². The minimum Gasteiger partial charge on any atom is -0.326 e. The molecule has 0 aromatic heterocycles. The van der Waals surface area contributed by atoms with E-state index in [1.807, 2.05) is 24.3 Å². The van der Waals surface area contributed by atoms with Crippen molar-refractivity contribution in [1.82, 2.24) is 0 Å². The van der Waals surface area contributed by atoms with Crippen LogP contribution in [-0.2, 0) is 27.7 Å². The van der Waals surface area contributed by atoms with E-state index < -0.39 is 10.0 Å². The van der Waals surface area contributed by atoms with Crippen molar-refractivity contribution in [3.05, 3.63) is 89.7 Å². The minimum absolute atomic E-state index is 0.187. The molecule has 160 valence electrons. The van der Waals surface area contributed by atoms with Crippen LogP contribution in [0, 0.1) is 5.82 Å². The fourth-order valence-electron chi connectivity index (χ4n) is 3.72.